The zero-order valence-electron chi connectivity index (χ0n) is 19.3. The Morgan fingerprint density at radius 1 is 0.700 bits per heavy atom. The molecule has 0 aliphatic carbocycles. The Labute approximate surface area is 183 Å². The van der Waals surface area contributed by atoms with Crippen LogP contribution >= 0.6 is 0 Å². The summed E-state index contributed by atoms with van der Waals surface area (Å²) in [5.41, 5.74) is 8.16. The summed E-state index contributed by atoms with van der Waals surface area (Å²) >= 11 is 0. The third-order valence-electron chi connectivity index (χ3n) is 6.65. The van der Waals surface area contributed by atoms with Gasteiger partial charge in [-0.2, -0.15) is 0 Å². The third kappa shape index (κ3) is 3.86. The van der Waals surface area contributed by atoms with Gasteiger partial charge in [0.2, 0.25) is 0 Å². The van der Waals surface area contributed by atoms with Gasteiger partial charge in [0, 0.05) is 17.1 Å². The van der Waals surface area contributed by atoms with Crippen molar-refractivity contribution in [3.63, 3.8) is 0 Å². The maximum absolute atomic E-state index is 2.50. The number of nitrogens with zero attached hydrogens (tertiary/aromatic N) is 1. The Kier molecular flexibility index (Phi) is 5.88. The molecule has 0 saturated heterocycles. The van der Waals surface area contributed by atoms with Crippen molar-refractivity contribution in [1.29, 1.82) is 0 Å². The summed E-state index contributed by atoms with van der Waals surface area (Å²) in [7, 11) is -1.75. The van der Waals surface area contributed by atoms with E-state index in [0.29, 0.717) is 0 Å². The van der Waals surface area contributed by atoms with Gasteiger partial charge >= 0.3 is 0 Å². The van der Waals surface area contributed by atoms with E-state index >= 15 is 0 Å². The first kappa shape index (κ1) is 20.9. The van der Waals surface area contributed by atoms with Gasteiger partial charge in [-0.15, -0.1) is 0 Å². The first-order valence-corrected chi connectivity index (χ1v) is 14.5. The van der Waals surface area contributed by atoms with Gasteiger partial charge < -0.3 is 4.90 Å². The minimum atomic E-state index is -1.75. The molecule has 1 aliphatic heterocycles. The number of anilines is 3. The fourth-order valence-corrected chi connectivity index (χ4v) is 7.95. The molecule has 0 amide bonds. The van der Waals surface area contributed by atoms with Crippen molar-refractivity contribution in [2.24, 2.45) is 0 Å². The van der Waals surface area contributed by atoms with Crippen LogP contribution in [0.3, 0.4) is 0 Å². The Balaban J connectivity index is 1.75. The van der Waals surface area contributed by atoms with Gasteiger partial charge in [-0.05, 0) is 66.9 Å². The molecule has 0 unspecified atom stereocenters. The van der Waals surface area contributed by atoms with Crippen LogP contribution in [0.5, 0.6) is 0 Å². The van der Waals surface area contributed by atoms with Crippen molar-refractivity contribution < 1.29 is 0 Å². The molecule has 1 nitrogen and oxygen atoms in total. The number of rotatable bonds is 6. The topological polar surface area (TPSA) is 3.24 Å². The van der Waals surface area contributed by atoms with Crippen LogP contribution in [-0.2, 0) is 6.42 Å². The zero-order valence-corrected chi connectivity index (χ0v) is 20.3. The van der Waals surface area contributed by atoms with Gasteiger partial charge in [0.05, 0.1) is 0 Å². The first-order chi connectivity index (χ1) is 14.4. The molecular formula is C28H35NSi. The maximum atomic E-state index is 2.50. The lowest BCUT2D eigenvalue weighted by molar-refractivity contribution is 0.667. The normalized spacial score (nSPS) is 14.4. The Morgan fingerprint density at radius 2 is 1.27 bits per heavy atom. The minimum absolute atomic E-state index is 1.19. The van der Waals surface area contributed by atoms with Crippen LogP contribution in [0.25, 0.3) is 0 Å². The lowest BCUT2D eigenvalue weighted by Gasteiger charge is -2.41. The van der Waals surface area contributed by atoms with Crippen LogP contribution in [-0.4, -0.2) is 8.07 Å². The van der Waals surface area contributed by atoms with E-state index in [9.17, 15) is 0 Å². The molecule has 0 fully saturated rings. The van der Waals surface area contributed by atoms with Crippen molar-refractivity contribution >= 4 is 35.5 Å². The molecule has 2 heteroatoms. The van der Waals surface area contributed by atoms with Crippen LogP contribution in [0.15, 0.2) is 60.7 Å². The average Bonchev–Trinajstić information content (AvgIpc) is 2.73. The van der Waals surface area contributed by atoms with Crippen molar-refractivity contribution in [2.75, 3.05) is 4.90 Å². The third-order valence-corrected chi connectivity index (χ3v) is 10.1. The van der Waals surface area contributed by atoms with E-state index in [1.54, 1.807) is 10.4 Å². The molecule has 0 radical (unpaired) electrons. The highest BCUT2D eigenvalue weighted by Gasteiger charge is 2.38. The van der Waals surface area contributed by atoms with Gasteiger partial charge in [-0.1, -0.05) is 86.8 Å². The molecule has 3 aromatic rings. The van der Waals surface area contributed by atoms with E-state index in [1.165, 1.54) is 65.9 Å². The molecule has 0 bridgehead atoms. The first-order valence-electron chi connectivity index (χ1n) is 11.5. The van der Waals surface area contributed by atoms with Gasteiger partial charge in [-0.3, -0.25) is 0 Å². The van der Waals surface area contributed by atoms with Crippen LogP contribution < -0.4 is 15.3 Å². The standard InChI is InChI=1S/C28H35NSi/c1-6-7-8-9-10-23-13-15-24(16-14-23)29-25-17-11-21(2)19-27(25)30(4,5)28-20-22(3)12-18-26(28)29/h11-20H,6-10H2,1-5H3. The summed E-state index contributed by atoms with van der Waals surface area (Å²) in [6.45, 7) is 11.7. The molecule has 0 aromatic heterocycles. The lowest BCUT2D eigenvalue weighted by Crippen LogP contribution is -2.58. The van der Waals surface area contributed by atoms with Gasteiger partial charge in [0.15, 0.2) is 0 Å². The van der Waals surface area contributed by atoms with E-state index in [2.05, 4.69) is 99.4 Å². The summed E-state index contributed by atoms with van der Waals surface area (Å²) < 4.78 is 0. The summed E-state index contributed by atoms with van der Waals surface area (Å²) in [6.07, 6.45) is 6.46. The summed E-state index contributed by atoms with van der Waals surface area (Å²) in [5, 5.41) is 3.09. The van der Waals surface area contributed by atoms with Crippen molar-refractivity contribution in [3.05, 3.63) is 77.4 Å². The molecule has 3 aromatic carbocycles. The van der Waals surface area contributed by atoms with E-state index in [4.69, 9.17) is 0 Å². The quantitative estimate of drug-likeness (QED) is 0.310. The van der Waals surface area contributed by atoms with Crippen molar-refractivity contribution in [3.8, 4) is 0 Å². The Morgan fingerprint density at radius 3 is 1.80 bits per heavy atom. The fraction of sp³-hybridized carbons (Fsp3) is 0.357. The molecule has 1 aliphatic rings. The highest BCUT2D eigenvalue weighted by atomic mass is 28.3. The van der Waals surface area contributed by atoms with Gasteiger partial charge in [0.25, 0.3) is 0 Å². The smallest absolute Gasteiger partial charge is 0.117 e. The van der Waals surface area contributed by atoms with Crippen LogP contribution in [0, 0.1) is 13.8 Å². The number of hydrogen-bond donors (Lipinski definition) is 0. The maximum Gasteiger partial charge on any atom is 0.117 e. The van der Waals surface area contributed by atoms with Crippen molar-refractivity contribution in [1.82, 2.24) is 0 Å². The van der Waals surface area contributed by atoms with Crippen LogP contribution in [0.1, 0.15) is 49.3 Å². The van der Waals surface area contributed by atoms with E-state index in [-0.39, 0.29) is 0 Å². The average molecular weight is 414 g/mol. The van der Waals surface area contributed by atoms with Crippen LogP contribution in [0.2, 0.25) is 13.1 Å². The Bertz CT molecular complexity index is 978. The largest absolute Gasteiger partial charge is 0.311 e. The zero-order chi connectivity index (χ0) is 21.3. The summed E-state index contributed by atoms with van der Waals surface area (Å²) in [6, 6.07) is 23.4. The molecule has 0 atom stereocenters. The lowest BCUT2D eigenvalue weighted by atomic mass is 10.0. The predicted octanol–water partition coefficient (Wildman–Crippen LogP) is 7.03. The number of aryl methyl sites for hydroxylation is 3. The number of unbranched alkanes of at least 4 members (excludes halogenated alkanes) is 3. The monoisotopic (exact) mass is 413 g/mol. The molecule has 156 valence electrons. The van der Waals surface area contributed by atoms with Gasteiger partial charge in [-0.25, -0.2) is 0 Å². The van der Waals surface area contributed by atoms with Crippen LogP contribution in [0.4, 0.5) is 17.1 Å². The minimum Gasteiger partial charge on any atom is -0.311 e. The molecule has 0 saturated carbocycles. The number of benzene rings is 3. The molecule has 30 heavy (non-hydrogen) atoms. The molecule has 0 N–H and O–H groups in total. The number of hydrogen-bond acceptors (Lipinski definition) is 1. The number of fused-ring (bicyclic) bond motifs is 2. The highest BCUT2D eigenvalue weighted by Crippen LogP contribution is 2.38. The predicted molar refractivity (Wildman–Crippen MR) is 135 cm³/mol. The molecule has 4 rings (SSSR count). The second kappa shape index (κ2) is 8.43. The summed E-state index contributed by atoms with van der Waals surface area (Å²) in [4.78, 5) is 2.49. The molecule has 1 heterocycles. The van der Waals surface area contributed by atoms with Crippen molar-refractivity contribution in [2.45, 2.75) is 66.0 Å². The highest BCUT2D eigenvalue weighted by molar-refractivity contribution is 7.02. The molecular weight excluding hydrogens is 378 g/mol. The van der Waals surface area contributed by atoms with E-state index in [1.807, 2.05) is 0 Å². The van der Waals surface area contributed by atoms with E-state index < -0.39 is 8.07 Å². The molecule has 0 spiro atoms. The van der Waals surface area contributed by atoms with E-state index in [0.717, 1.165) is 0 Å². The fourth-order valence-electron chi connectivity index (χ4n) is 4.81. The second-order valence-corrected chi connectivity index (χ2v) is 13.8. The van der Waals surface area contributed by atoms with Gasteiger partial charge in [0.1, 0.15) is 8.07 Å². The second-order valence-electron chi connectivity index (χ2n) is 9.48. The SMILES string of the molecule is CCCCCCc1ccc(N2c3ccc(C)cc3[Si](C)(C)c3cc(C)ccc32)cc1. The summed E-state index contributed by atoms with van der Waals surface area (Å²) in [5.74, 6) is 0. The Hall–Kier alpha value is -2.32.